The van der Waals surface area contributed by atoms with Crippen molar-refractivity contribution in [1.82, 2.24) is 4.31 Å². The second-order valence-corrected chi connectivity index (χ2v) is 6.74. The van der Waals surface area contributed by atoms with Gasteiger partial charge < -0.3 is 0 Å². The van der Waals surface area contributed by atoms with Crippen LogP contribution in [-0.4, -0.2) is 25.8 Å². The van der Waals surface area contributed by atoms with E-state index in [1.807, 2.05) is 6.07 Å². The predicted molar refractivity (Wildman–Crippen MR) is 56.1 cm³/mol. The molecular formula is C6H7BrN2O2S2. The molecule has 13 heavy (non-hydrogen) atoms. The van der Waals surface area contributed by atoms with Crippen LogP contribution < -0.4 is 4.72 Å². The maximum Gasteiger partial charge on any atom is 0.302 e. The molecule has 1 aromatic heterocycles. The van der Waals surface area contributed by atoms with Crippen molar-refractivity contribution in [1.29, 1.82) is 0 Å². The Morgan fingerprint density at radius 2 is 2.15 bits per heavy atom. The first-order valence-corrected chi connectivity index (χ1v) is 6.66. The van der Waals surface area contributed by atoms with E-state index in [0.29, 0.717) is 18.1 Å². The zero-order valence-corrected chi connectivity index (χ0v) is 9.75. The third kappa shape index (κ3) is 2.22. The first-order chi connectivity index (χ1) is 6.08. The summed E-state index contributed by atoms with van der Waals surface area (Å²) in [5.41, 5.74) is 0. The molecule has 2 rings (SSSR count). The molecule has 0 aromatic carbocycles. The normalized spacial score (nSPS) is 17.3. The number of thiophene rings is 1. The molecule has 0 bridgehead atoms. The summed E-state index contributed by atoms with van der Waals surface area (Å²) in [7, 11) is -3.25. The topological polar surface area (TPSA) is 49.2 Å². The molecule has 1 aliphatic heterocycles. The van der Waals surface area contributed by atoms with Gasteiger partial charge in [-0.05, 0) is 28.1 Å². The Balaban J connectivity index is 2.13. The molecule has 72 valence electrons. The van der Waals surface area contributed by atoms with Crippen molar-refractivity contribution in [3.05, 3.63) is 15.9 Å². The van der Waals surface area contributed by atoms with E-state index in [2.05, 4.69) is 20.7 Å². The summed E-state index contributed by atoms with van der Waals surface area (Å²) >= 11 is 4.62. The van der Waals surface area contributed by atoms with Crippen LogP contribution in [0.1, 0.15) is 0 Å². The first-order valence-electron chi connectivity index (χ1n) is 3.61. The van der Waals surface area contributed by atoms with Crippen molar-refractivity contribution in [3.63, 3.8) is 0 Å². The highest BCUT2D eigenvalue weighted by Gasteiger charge is 2.31. The fraction of sp³-hybridized carbons (Fsp3) is 0.333. The summed E-state index contributed by atoms with van der Waals surface area (Å²) in [6.45, 7) is 1.25. The monoisotopic (exact) mass is 282 g/mol. The summed E-state index contributed by atoms with van der Waals surface area (Å²) in [4.78, 5) is 0. The third-order valence-electron chi connectivity index (χ3n) is 1.55. The van der Waals surface area contributed by atoms with Gasteiger partial charge in [0.15, 0.2) is 0 Å². The van der Waals surface area contributed by atoms with Crippen LogP contribution >= 0.6 is 27.3 Å². The highest BCUT2D eigenvalue weighted by Crippen LogP contribution is 2.28. The van der Waals surface area contributed by atoms with Crippen LogP contribution in [0.5, 0.6) is 0 Å². The van der Waals surface area contributed by atoms with E-state index in [4.69, 9.17) is 0 Å². The van der Waals surface area contributed by atoms with Crippen LogP contribution in [0.3, 0.4) is 0 Å². The molecule has 1 fully saturated rings. The number of rotatable bonds is 3. The lowest BCUT2D eigenvalue weighted by atomic mass is 10.6. The van der Waals surface area contributed by atoms with E-state index in [1.54, 1.807) is 6.07 Å². The van der Waals surface area contributed by atoms with Gasteiger partial charge in [-0.25, -0.2) is 0 Å². The smallest absolute Gasteiger partial charge is 0.262 e. The molecule has 1 saturated heterocycles. The Kier molecular flexibility index (Phi) is 2.35. The van der Waals surface area contributed by atoms with Crippen LogP contribution in [0.2, 0.25) is 0 Å². The van der Waals surface area contributed by atoms with Crippen molar-refractivity contribution >= 4 is 42.5 Å². The van der Waals surface area contributed by atoms with E-state index in [1.165, 1.54) is 15.6 Å². The molecule has 7 heteroatoms. The number of nitrogens with one attached hydrogen (secondary N) is 1. The standard InChI is InChI=1S/C6H7BrN2O2S2/c7-5-1-2-6(12-5)8-13(10,11)9-3-4-9/h1-2,8H,3-4H2. The Morgan fingerprint density at radius 1 is 1.46 bits per heavy atom. The predicted octanol–water partition coefficient (Wildman–Crippen LogP) is 1.48. The Morgan fingerprint density at radius 3 is 2.62 bits per heavy atom. The highest BCUT2D eigenvalue weighted by molar-refractivity contribution is 9.11. The number of hydrogen-bond donors (Lipinski definition) is 1. The second-order valence-electron chi connectivity index (χ2n) is 2.61. The van der Waals surface area contributed by atoms with Crippen LogP contribution in [0.4, 0.5) is 5.00 Å². The maximum absolute atomic E-state index is 11.4. The molecule has 0 atom stereocenters. The van der Waals surface area contributed by atoms with E-state index >= 15 is 0 Å². The first kappa shape index (κ1) is 9.45. The minimum atomic E-state index is -3.25. The fourth-order valence-corrected chi connectivity index (χ4v) is 3.48. The van der Waals surface area contributed by atoms with E-state index in [-0.39, 0.29) is 0 Å². The highest BCUT2D eigenvalue weighted by atomic mass is 79.9. The summed E-state index contributed by atoms with van der Waals surface area (Å²) in [5.74, 6) is 0. The fourth-order valence-electron chi connectivity index (χ4n) is 0.842. The van der Waals surface area contributed by atoms with Crippen LogP contribution in [-0.2, 0) is 10.2 Å². The van der Waals surface area contributed by atoms with Gasteiger partial charge in [0.2, 0.25) is 0 Å². The molecule has 2 heterocycles. The lowest BCUT2D eigenvalue weighted by Gasteiger charge is -2.03. The summed E-state index contributed by atoms with van der Waals surface area (Å²) in [5, 5.41) is 0.638. The van der Waals surface area contributed by atoms with Gasteiger partial charge in [0.05, 0.1) is 3.79 Å². The summed E-state index contributed by atoms with van der Waals surface area (Å²) in [6, 6.07) is 3.54. The average Bonchev–Trinajstić information content (AvgIpc) is 2.78. The number of hydrogen-bond acceptors (Lipinski definition) is 3. The van der Waals surface area contributed by atoms with Gasteiger partial charge in [-0.1, -0.05) is 0 Å². The largest absolute Gasteiger partial charge is 0.302 e. The van der Waals surface area contributed by atoms with Crippen LogP contribution in [0.25, 0.3) is 0 Å². The zero-order valence-electron chi connectivity index (χ0n) is 6.53. The van der Waals surface area contributed by atoms with Gasteiger partial charge in [-0.2, -0.15) is 12.7 Å². The van der Waals surface area contributed by atoms with E-state index in [0.717, 1.165) is 3.79 Å². The van der Waals surface area contributed by atoms with Crippen molar-refractivity contribution < 1.29 is 8.42 Å². The van der Waals surface area contributed by atoms with Gasteiger partial charge in [0.25, 0.3) is 0 Å². The van der Waals surface area contributed by atoms with Gasteiger partial charge >= 0.3 is 10.2 Å². The molecular weight excluding hydrogens is 276 g/mol. The molecule has 0 unspecified atom stereocenters. The quantitative estimate of drug-likeness (QED) is 0.854. The van der Waals surface area contributed by atoms with E-state index < -0.39 is 10.2 Å². The van der Waals surface area contributed by atoms with Gasteiger partial charge in [-0.3, -0.25) is 4.72 Å². The summed E-state index contributed by atoms with van der Waals surface area (Å²) in [6.07, 6.45) is 0. The van der Waals surface area contributed by atoms with E-state index in [9.17, 15) is 8.42 Å². The second kappa shape index (κ2) is 3.23. The lowest BCUT2D eigenvalue weighted by molar-refractivity contribution is 0.569. The maximum atomic E-state index is 11.4. The number of anilines is 1. The number of nitrogens with zero attached hydrogens (tertiary/aromatic N) is 1. The molecule has 0 spiro atoms. The lowest BCUT2D eigenvalue weighted by Crippen LogP contribution is -2.20. The minimum Gasteiger partial charge on any atom is -0.262 e. The van der Waals surface area contributed by atoms with Gasteiger partial charge in [0, 0.05) is 13.1 Å². The summed E-state index contributed by atoms with van der Waals surface area (Å²) < 4.78 is 27.5. The van der Waals surface area contributed by atoms with Crippen LogP contribution in [0.15, 0.2) is 15.9 Å². The van der Waals surface area contributed by atoms with Gasteiger partial charge in [-0.15, -0.1) is 11.3 Å². The van der Waals surface area contributed by atoms with Crippen molar-refractivity contribution in [2.75, 3.05) is 17.8 Å². The van der Waals surface area contributed by atoms with Crippen LogP contribution in [0, 0.1) is 0 Å². The molecule has 0 aliphatic carbocycles. The van der Waals surface area contributed by atoms with Crippen molar-refractivity contribution in [2.45, 2.75) is 0 Å². The molecule has 1 aliphatic rings. The third-order valence-corrected chi connectivity index (χ3v) is 4.74. The van der Waals surface area contributed by atoms with Gasteiger partial charge in [0.1, 0.15) is 5.00 Å². The zero-order chi connectivity index (χ0) is 9.47. The van der Waals surface area contributed by atoms with Crippen molar-refractivity contribution in [3.8, 4) is 0 Å². The SMILES string of the molecule is O=S(=O)(Nc1ccc(Br)s1)N1CC1. The minimum absolute atomic E-state index is 0.627. The Hall–Kier alpha value is -0.110. The average molecular weight is 283 g/mol. The molecule has 1 aromatic rings. The Labute approximate surface area is 88.9 Å². The Bertz CT molecular complexity index is 410. The molecule has 0 radical (unpaired) electrons. The molecule has 1 N–H and O–H groups in total. The molecule has 0 saturated carbocycles. The number of halogens is 1. The van der Waals surface area contributed by atoms with Crippen molar-refractivity contribution in [2.24, 2.45) is 0 Å². The molecule has 0 amide bonds. The molecule has 4 nitrogen and oxygen atoms in total.